The van der Waals surface area contributed by atoms with Crippen molar-refractivity contribution in [3.8, 4) is 0 Å². The van der Waals surface area contributed by atoms with Gasteiger partial charge in [0, 0.05) is 0 Å². The van der Waals surface area contributed by atoms with E-state index in [2.05, 4.69) is 13.8 Å². The molecule has 0 aromatic carbocycles. The van der Waals surface area contributed by atoms with Gasteiger partial charge < -0.3 is 5.11 Å². The lowest BCUT2D eigenvalue weighted by Gasteiger charge is -2.21. The van der Waals surface area contributed by atoms with Crippen LogP contribution in [0.5, 0.6) is 0 Å². The first-order valence-corrected chi connectivity index (χ1v) is 4.75. The molecule has 2 aliphatic carbocycles. The van der Waals surface area contributed by atoms with Crippen molar-refractivity contribution < 1.29 is 5.11 Å². The molecule has 2 aliphatic rings. The lowest BCUT2D eigenvalue weighted by atomic mass is 9.95. The molecule has 0 bridgehead atoms. The predicted molar refractivity (Wildman–Crippen MR) is 45.2 cm³/mol. The van der Waals surface area contributed by atoms with Crippen molar-refractivity contribution in [1.82, 2.24) is 0 Å². The fourth-order valence-corrected chi connectivity index (χ4v) is 2.69. The third kappa shape index (κ3) is 0.868. The minimum atomic E-state index is -0.370. The summed E-state index contributed by atoms with van der Waals surface area (Å²) < 4.78 is 0. The minimum Gasteiger partial charge on any atom is -0.390 e. The van der Waals surface area contributed by atoms with Crippen LogP contribution in [0.25, 0.3) is 0 Å². The van der Waals surface area contributed by atoms with Crippen LogP contribution in [-0.2, 0) is 0 Å². The van der Waals surface area contributed by atoms with Gasteiger partial charge in [-0.05, 0) is 43.4 Å². The fraction of sp³-hybridized carbons (Fsp3) is 1.00. The molecule has 0 aromatic heterocycles. The van der Waals surface area contributed by atoms with Gasteiger partial charge in [0.05, 0.1) is 5.60 Å². The lowest BCUT2D eigenvalue weighted by molar-refractivity contribution is 0.0250. The van der Waals surface area contributed by atoms with E-state index in [9.17, 15) is 5.11 Å². The number of hydrogen-bond donors (Lipinski definition) is 1. The van der Waals surface area contributed by atoms with Gasteiger partial charge in [-0.2, -0.15) is 0 Å². The Morgan fingerprint density at radius 2 is 2.09 bits per heavy atom. The van der Waals surface area contributed by atoms with Crippen LogP contribution < -0.4 is 0 Å². The molecule has 4 atom stereocenters. The van der Waals surface area contributed by atoms with Crippen LogP contribution in [0.1, 0.15) is 40.0 Å². The van der Waals surface area contributed by atoms with Crippen molar-refractivity contribution in [2.45, 2.75) is 45.6 Å². The number of hydrogen-bond acceptors (Lipinski definition) is 1. The van der Waals surface area contributed by atoms with E-state index in [1.807, 2.05) is 6.92 Å². The molecule has 4 unspecified atom stereocenters. The summed E-state index contributed by atoms with van der Waals surface area (Å²) >= 11 is 0. The normalized spacial score (nSPS) is 52.4. The molecule has 0 aliphatic heterocycles. The molecule has 0 saturated heterocycles. The quantitative estimate of drug-likeness (QED) is 0.646. The first-order valence-electron chi connectivity index (χ1n) is 4.75. The van der Waals surface area contributed by atoms with Crippen LogP contribution in [0.2, 0.25) is 0 Å². The maximum absolute atomic E-state index is 9.96. The van der Waals surface area contributed by atoms with E-state index >= 15 is 0 Å². The zero-order valence-corrected chi connectivity index (χ0v) is 7.72. The number of aliphatic hydroxyl groups is 1. The monoisotopic (exact) mass is 154 g/mol. The summed E-state index contributed by atoms with van der Waals surface area (Å²) in [6.07, 6.45) is 3.56. The summed E-state index contributed by atoms with van der Waals surface area (Å²) in [5.74, 6) is 1.51. The van der Waals surface area contributed by atoms with Crippen LogP contribution in [0.15, 0.2) is 0 Å². The second-order valence-corrected chi connectivity index (χ2v) is 4.81. The number of rotatable bonds is 2. The Bertz CT molecular complexity index is 185. The molecular weight excluding hydrogens is 136 g/mol. The van der Waals surface area contributed by atoms with Crippen LogP contribution in [-0.4, -0.2) is 10.7 Å². The average Bonchev–Trinajstić information content (AvgIpc) is 2.77. The van der Waals surface area contributed by atoms with Crippen LogP contribution in [0.4, 0.5) is 0 Å². The van der Waals surface area contributed by atoms with Gasteiger partial charge in [0.2, 0.25) is 0 Å². The van der Waals surface area contributed by atoms with Gasteiger partial charge in [-0.1, -0.05) is 13.8 Å². The highest BCUT2D eigenvalue weighted by molar-refractivity contribution is 5.21. The molecule has 1 N–H and O–H groups in total. The van der Waals surface area contributed by atoms with E-state index in [0.717, 1.165) is 12.3 Å². The molecule has 64 valence electrons. The average molecular weight is 154 g/mol. The molecule has 1 spiro atoms. The van der Waals surface area contributed by atoms with E-state index in [1.165, 1.54) is 12.8 Å². The first-order chi connectivity index (χ1) is 5.03. The van der Waals surface area contributed by atoms with Crippen LogP contribution in [0, 0.1) is 17.3 Å². The van der Waals surface area contributed by atoms with Gasteiger partial charge in [0.15, 0.2) is 0 Å². The second kappa shape index (κ2) is 1.82. The van der Waals surface area contributed by atoms with Gasteiger partial charge in [-0.15, -0.1) is 0 Å². The van der Waals surface area contributed by atoms with Crippen molar-refractivity contribution in [2.75, 3.05) is 0 Å². The Labute approximate surface area is 68.8 Å². The zero-order valence-electron chi connectivity index (χ0n) is 7.72. The van der Waals surface area contributed by atoms with Crippen molar-refractivity contribution in [2.24, 2.45) is 17.3 Å². The molecule has 1 heteroatoms. The van der Waals surface area contributed by atoms with Gasteiger partial charge >= 0.3 is 0 Å². The molecule has 1 nitrogen and oxygen atoms in total. The van der Waals surface area contributed by atoms with E-state index < -0.39 is 0 Å². The summed E-state index contributed by atoms with van der Waals surface area (Å²) in [6.45, 7) is 6.39. The highest BCUT2D eigenvalue weighted by Crippen LogP contribution is 2.77. The fourth-order valence-electron chi connectivity index (χ4n) is 2.69. The van der Waals surface area contributed by atoms with Crippen molar-refractivity contribution in [1.29, 1.82) is 0 Å². The largest absolute Gasteiger partial charge is 0.390 e. The van der Waals surface area contributed by atoms with Crippen molar-refractivity contribution in [3.05, 3.63) is 0 Å². The molecule has 0 heterocycles. The van der Waals surface area contributed by atoms with Crippen molar-refractivity contribution >= 4 is 0 Å². The van der Waals surface area contributed by atoms with Gasteiger partial charge in [-0.3, -0.25) is 0 Å². The Morgan fingerprint density at radius 3 is 2.36 bits per heavy atom. The molecule has 0 radical (unpaired) electrons. The van der Waals surface area contributed by atoms with E-state index in [-0.39, 0.29) is 5.60 Å². The molecule has 11 heavy (non-hydrogen) atoms. The summed E-state index contributed by atoms with van der Waals surface area (Å²) in [7, 11) is 0. The summed E-state index contributed by atoms with van der Waals surface area (Å²) in [4.78, 5) is 0. The smallest absolute Gasteiger partial charge is 0.0650 e. The first kappa shape index (κ1) is 7.60. The molecule has 2 rings (SSSR count). The molecule has 0 amide bonds. The van der Waals surface area contributed by atoms with Crippen molar-refractivity contribution in [3.63, 3.8) is 0 Å². The topological polar surface area (TPSA) is 20.2 Å². The third-order valence-electron chi connectivity index (χ3n) is 4.09. The highest BCUT2D eigenvalue weighted by atomic mass is 16.3. The standard InChI is InChI=1S/C10H18O/c1-4-9(3,11)8-6-10(8)5-7(10)2/h7-8,11H,4-6H2,1-3H3. The Hall–Kier alpha value is -0.0400. The van der Waals surface area contributed by atoms with E-state index in [4.69, 9.17) is 0 Å². The molecule has 2 saturated carbocycles. The van der Waals surface area contributed by atoms with Gasteiger partial charge in [0.1, 0.15) is 0 Å². The van der Waals surface area contributed by atoms with Crippen LogP contribution >= 0.6 is 0 Å². The van der Waals surface area contributed by atoms with Crippen LogP contribution in [0.3, 0.4) is 0 Å². The summed E-state index contributed by atoms with van der Waals surface area (Å²) in [5.41, 5.74) is 0.240. The maximum Gasteiger partial charge on any atom is 0.0650 e. The Morgan fingerprint density at radius 1 is 1.55 bits per heavy atom. The van der Waals surface area contributed by atoms with E-state index in [1.54, 1.807) is 0 Å². The highest BCUT2D eigenvalue weighted by Gasteiger charge is 2.72. The lowest BCUT2D eigenvalue weighted by Crippen LogP contribution is -2.26. The SMILES string of the molecule is CCC(C)(O)C1CC12CC2C. The maximum atomic E-state index is 9.96. The Balaban J connectivity index is 2.01. The summed E-state index contributed by atoms with van der Waals surface area (Å²) in [6, 6.07) is 0. The summed E-state index contributed by atoms with van der Waals surface area (Å²) in [5, 5.41) is 9.96. The minimum absolute atomic E-state index is 0.370. The van der Waals surface area contributed by atoms with Gasteiger partial charge in [-0.25, -0.2) is 0 Å². The molecule has 0 aromatic rings. The zero-order chi connectivity index (χ0) is 8.28. The van der Waals surface area contributed by atoms with Gasteiger partial charge in [0.25, 0.3) is 0 Å². The van der Waals surface area contributed by atoms with E-state index in [0.29, 0.717) is 11.3 Å². The Kier molecular flexibility index (Phi) is 1.26. The third-order valence-corrected chi connectivity index (χ3v) is 4.09. The second-order valence-electron chi connectivity index (χ2n) is 4.81. The molecule has 2 fully saturated rings. The predicted octanol–water partition coefficient (Wildman–Crippen LogP) is 2.19. The molecular formula is C10H18O.